The number of rotatable bonds is 11. The molecule has 0 amide bonds. The Kier molecular flexibility index (Phi) is 9.73. The summed E-state index contributed by atoms with van der Waals surface area (Å²) in [5.41, 5.74) is 6.77. The summed E-state index contributed by atoms with van der Waals surface area (Å²) in [6.07, 6.45) is -1.75. The monoisotopic (exact) mass is 591 g/mol. The van der Waals surface area contributed by atoms with Crippen LogP contribution in [-0.4, -0.2) is 27.7 Å². The van der Waals surface area contributed by atoms with Crippen LogP contribution in [0.25, 0.3) is 11.1 Å². The number of nitrogens with zero attached hydrogens (tertiary/aromatic N) is 3. The summed E-state index contributed by atoms with van der Waals surface area (Å²) >= 11 is 0. The standard InChI is InChI=1S/C34H36F3N3O3/c1-21(2)26-8-7-24(5)31(16-26)30-9-6-22(3)13-27(30)20-40(19-25-12-23(4)14-28(15-25)34(35,36)37)33-38-17-29(18-39-33)43-11-10-32(41)42/h6-9,12-18,21H,10-11,19-20H2,1-5H3,(H,41,42). The van der Waals surface area contributed by atoms with Crippen LogP contribution in [0.3, 0.4) is 0 Å². The van der Waals surface area contributed by atoms with Crippen LogP contribution in [0.15, 0.2) is 67.0 Å². The molecule has 0 aliphatic heterocycles. The second kappa shape index (κ2) is 13.3. The average Bonchev–Trinajstić information content (AvgIpc) is 2.93. The van der Waals surface area contributed by atoms with Crippen molar-refractivity contribution >= 4 is 11.9 Å². The van der Waals surface area contributed by atoms with Crippen LogP contribution in [0, 0.1) is 20.8 Å². The molecule has 0 unspecified atom stereocenters. The molecule has 0 atom stereocenters. The van der Waals surface area contributed by atoms with Gasteiger partial charge in [-0.05, 0) is 72.2 Å². The second-order valence-corrected chi connectivity index (χ2v) is 11.2. The maximum atomic E-state index is 13.7. The van der Waals surface area contributed by atoms with E-state index >= 15 is 0 Å². The van der Waals surface area contributed by atoms with Gasteiger partial charge in [0.25, 0.3) is 0 Å². The summed E-state index contributed by atoms with van der Waals surface area (Å²) in [4.78, 5) is 21.6. The summed E-state index contributed by atoms with van der Waals surface area (Å²) in [7, 11) is 0. The Morgan fingerprint density at radius 2 is 1.63 bits per heavy atom. The number of aryl methyl sites for hydroxylation is 3. The van der Waals surface area contributed by atoms with Crippen LogP contribution < -0.4 is 9.64 Å². The third kappa shape index (κ3) is 8.34. The van der Waals surface area contributed by atoms with E-state index in [2.05, 4.69) is 67.1 Å². The van der Waals surface area contributed by atoms with Crippen LogP contribution in [0.4, 0.5) is 19.1 Å². The average molecular weight is 592 g/mol. The molecule has 226 valence electrons. The first-order valence-electron chi connectivity index (χ1n) is 14.1. The van der Waals surface area contributed by atoms with Gasteiger partial charge in [0.05, 0.1) is 31.0 Å². The van der Waals surface area contributed by atoms with Crippen LogP contribution >= 0.6 is 0 Å². The molecule has 4 aromatic rings. The lowest BCUT2D eigenvalue weighted by Crippen LogP contribution is -2.25. The lowest BCUT2D eigenvalue weighted by molar-refractivity contribution is -0.138. The smallest absolute Gasteiger partial charge is 0.416 e. The van der Waals surface area contributed by atoms with E-state index in [1.54, 1.807) is 13.0 Å². The number of hydrogen-bond donors (Lipinski definition) is 1. The third-order valence-corrected chi connectivity index (χ3v) is 7.16. The van der Waals surface area contributed by atoms with E-state index in [0.29, 0.717) is 35.3 Å². The van der Waals surface area contributed by atoms with Gasteiger partial charge in [0.2, 0.25) is 5.95 Å². The predicted octanol–water partition coefficient (Wildman–Crippen LogP) is 8.27. The fraction of sp³-hybridized carbons (Fsp3) is 0.324. The molecule has 3 aromatic carbocycles. The molecule has 6 nitrogen and oxygen atoms in total. The molecule has 0 fully saturated rings. The summed E-state index contributed by atoms with van der Waals surface area (Å²) < 4.78 is 46.5. The fourth-order valence-electron chi connectivity index (χ4n) is 4.95. The highest BCUT2D eigenvalue weighted by molar-refractivity contribution is 5.72. The van der Waals surface area contributed by atoms with E-state index in [-0.39, 0.29) is 19.6 Å². The highest BCUT2D eigenvalue weighted by Crippen LogP contribution is 2.34. The highest BCUT2D eigenvalue weighted by Gasteiger charge is 2.31. The molecule has 1 heterocycles. The van der Waals surface area contributed by atoms with Gasteiger partial charge in [-0.15, -0.1) is 0 Å². The number of aromatic nitrogens is 2. The Balaban J connectivity index is 1.76. The van der Waals surface area contributed by atoms with E-state index in [0.717, 1.165) is 39.9 Å². The van der Waals surface area contributed by atoms with Gasteiger partial charge in [0.1, 0.15) is 0 Å². The molecule has 4 rings (SSSR count). The number of benzene rings is 3. The number of ether oxygens (including phenoxy) is 1. The van der Waals surface area contributed by atoms with E-state index in [1.807, 2.05) is 11.8 Å². The number of carboxylic acids is 1. The van der Waals surface area contributed by atoms with Crippen molar-refractivity contribution in [1.29, 1.82) is 0 Å². The molecule has 0 spiro atoms. The fourth-order valence-corrected chi connectivity index (χ4v) is 4.95. The lowest BCUT2D eigenvalue weighted by atomic mass is 9.90. The number of carbonyl (C=O) groups is 1. The molecule has 9 heteroatoms. The molecule has 43 heavy (non-hydrogen) atoms. The lowest BCUT2D eigenvalue weighted by Gasteiger charge is -2.26. The zero-order chi connectivity index (χ0) is 31.3. The minimum absolute atomic E-state index is 0.0350. The Hall–Kier alpha value is -4.40. The number of carboxylic acid groups (broad SMARTS) is 1. The topological polar surface area (TPSA) is 75.6 Å². The first-order valence-corrected chi connectivity index (χ1v) is 14.1. The number of hydrogen-bond acceptors (Lipinski definition) is 5. The van der Waals surface area contributed by atoms with Crippen molar-refractivity contribution in [1.82, 2.24) is 9.97 Å². The Morgan fingerprint density at radius 3 is 2.28 bits per heavy atom. The van der Waals surface area contributed by atoms with Crippen molar-refractivity contribution in [3.63, 3.8) is 0 Å². The normalized spacial score (nSPS) is 11.6. The van der Waals surface area contributed by atoms with E-state index in [4.69, 9.17) is 9.84 Å². The second-order valence-electron chi connectivity index (χ2n) is 11.2. The number of halogens is 3. The summed E-state index contributed by atoms with van der Waals surface area (Å²) in [6, 6.07) is 16.7. The van der Waals surface area contributed by atoms with Crippen molar-refractivity contribution in [2.45, 2.75) is 66.2 Å². The van der Waals surface area contributed by atoms with Crippen molar-refractivity contribution in [3.8, 4) is 16.9 Å². The molecule has 0 saturated carbocycles. The SMILES string of the molecule is Cc1cc(CN(Cc2cc(C)ccc2-c2cc(C(C)C)ccc2C)c2ncc(OCCC(=O)O)cn2)cc(C(F)(F)F)c1. The maximum Gasteiger partial charge on any atom is 0.416 e. The van der Waals surface area contributed by atoms with Crippen molar-refractivity contribution < 1.29 is 27.8 Å². The van der Waals surface area contributed by atoms with Crippen molar-refractivity contribution in [2.24, 2.45) is 0 Å². The van der Waals surface area contributed by atoms with Gasteiger partial charge in [0, 0.05) is 13.1 Å². The first kappa shape index (κ1) is 31.5. The Morgan fingerprint density at radius 1 is 0.907 bits per heavy atom. The van der Waals surface area contributed by atoms with E-state index in [1.165, 1.54) is 18.0 Å². The Bertz CT molecular complexity index is 1580. The Labute approximate surface area is 250 Å². The molecule has 0 radical (unpaired) electrons. The zero-order valence-electron chi connectivity index (χ0n) is 25.0. The third-order valence-electron chi connectivity index (χ3n) is 7.16. The van der Waals surface area contributed by atoms with Gasteiger partial charge >= 0.3 is 12.1 Å². The van der Waals surface area contributed by atoms with E-state index in [9.17, 15) is 18.0 Å². The molecule has 0 bridgehead atoms. The minimum Gasteiger partial charge on any atom is -0.490 e. The van der Waals surface area contributed by atoms with Crippen LogP contribution in [-0.2, 0) is 24.1 Å². The van der Waals surface area contributed by atoms with Crippen LogP contribution in [0.5, 0.6) is 5.75 Å². The summed E-state index contributed by atoms with van der Waals surface area (Å²) in [5, 5.41) is 8.87. The quantitative estimate of drug-likeness (QED) is 0.189. The van der Waals surface area contributed by atoms with Crippen LogP contribution in [0.2, 0.25) is 0 Å². The molecular formula is C34H36F3N3O3. The van der Waals surface area contributed by atoms with Gasteiger partial charge < -0.3 is 14.7 Å². The van der Waals surface area contributed by atoms with E-state index < -0.39 is 17.7 Å². The largest absolute Gasteiger partial charge is 0.490 e. The van der Waals surface area contributed by atoms with Gasteiger partial charge in [-0.25, -0.2) is 9.97 Å². The molecule has 1 N–H and O–H groups in total. The highest BCUT2D eigenvalue weighted by atomic mass is 19.4. The summed E-state index contributed by atoms with van der Waals surface area (Å²) in [5.74, 6) is -0.0280. The van der Waals surface area contributed by atoms with Gasteiger partial charge in [-0.2, -0.15) is 13.2 Å². The molecule has 0 aliphatic carbocycles. The molecule has 1 aromatic heterocycles. The zero-order valence-corrected chi connectivity index (χ0v) is 25.0. The minimum atomic E-state index is -4.47. The van der Waals surface area contributed by atoms with Crippen molar-refractivity contribution in [2.75, 3.05) is 11.5 Å². The molecule has 0 aliphatic rings. The number of alkyl halides is 3. The molecule has 0 saturated heterocycles. The van der Waals surface area contributed by atoms with Gasteiger partial charge in [-0.3, -0.25) is 4.79 Å². The number of aliphatic carboxylic acids is 1. The van der Waals surface area contributed by atoms with Crippen molar-refractivity contribution in [3.05, 3.63) is 106 Å². The van der Waals surface area contributed by atoms with Crippen LogP contribution in [0.1, 0.15) is 65.1 Å². The molecular weight excluding hydrogens is 555 g/mol. The summed E-state index contributed by atoms with van der Waals surface area (Å²) in [6.45, 7) is 10.4. The number of anilines is 1. The van der Waals surface area contributed by atoms with Gasteiger partial charge in [0.15, 0.2) is 5.75 Å². The maximum absolute atomic E-state index is 13.7. The van der Waals surface area contributed by atoms with Gasteiger partial charge in [-0.1, -0.05) is 67.4 Å². The predicted molar refractivity (Wildman–Crippen MR) is 161 cm³/mol. The first-order chi connectivity index (χ1) is 20.3.